The number of aliphatic hydroxyl groups is 1. The molecule has 1 aliphatic carbocycles. The minimum absolute atomic E-state index is 0.0339. The molecule has 1 fully saturated rings. The first-order valence-electron chi connectivity index (χ1n) is 6.24. The van der Waals surface area contributed by atoms with E-state index in [4.69, 9.17) is 0 Å². The summed E-state index contributed by atoms with van der Waals surface area (Å²) in [7, 11) is 0. The number of fused-ring (bicyclic) bond motifs is 1. The SMILES string of the molecule is O=C(NC1CC(O)C1)c1c[nH]c2ccccc2c1=O. The lowest BCUT2D eigenvalue weighted by Gasteiger charge is -2.31. The third-order valence-electron chi connectivity index (χ3n) is 3.48. The number of nitrogens with one attached hydrogen (secondary N) is 2. The molecule has 0 bridgehead atoms. The number of aromatic amines is 1. The Hall–Kier alpha value is -2.14. The van der Waals surface area contributed by atoms with E-state index in [0.717, 1.165) is 0 Å². The Bertz CT molecular complexity index is 686. The van der Waals surface area contributed by atoms with Crippen LogP contribution in [0.5, 0.6) is 0 Å². The number of aliphatic hydroxyl groups excluding tert-OH is 1. The molecule has 3 N–H and O–H groups in total. The number of aromatic nitrogens is 1. The van der Waals surface area contributed by atoms with Gasteiger partial charge in [-0.3, -0.25) is 9.59 Å². The normalized spacial score (nSPS) is 21.9. The Morgan fingerprint density at radius 2 is 2.05 bits per heavy atom. The van der Waals surface area contributed by atoms with Gasteiger partial charge in [0.15, 0.2) is 0 Å². The van der Waals surface area contributed by atoms with E-state index < -0.39 is 0 Å². The molecule has 1 aromatic heterocycles. The predicted octanol–water partition coefficient (Wildman–Crippen LogP) is 0.781. The van der Waals surface area contributed by atoms with Crippen LogP contribution < -0.4 is 10.7 Å². The summed E-state index contributed by atoms with van der Waals surface area (Å²) in [6.07, 6.45) is 2.21. The van der Waals surface area contributed by atoms with Crippen molar-refractivity contribution in [3.05, 3.63) is 46.2 Å². The molecule has 1 amide bonds. The third-order valence-corrected chi connectivity index (χ3v) is 3.48. The molecule has 0 radical (unpaired) electrons. The monoisotopic (exact) mass is 258 g/mol. The number of amides is 1. The zero-order chi connectivity index (χ0) is 13.4. The van der Waals surface area contributed by atoms with Crippen LogP contribution in [-0.4, -0.2) is 28.1 Å². The number of benzene rings is 1. The van der Waals surface area contributed by atoms with E-state index in [9.17, 15) is 14.7 Å². The van der Waals surface area contributed by atoms with Gasteiger partial charge in [0.25, 0.3) is 5.91 Å². The summed E-state index contributed by atoms with van der Waals surface area (Å²) in [5.41, 5.74) is 0.551. The molecular formula is C14H14N2O3. The molecule has 19 heavy (non-hydrogen) atoms. The number of para-hydroxylation sites is 1. The van der Waals surface area contributed by atoms with Gasteiger partial charge in [-0.2, -0.15) is 0 Å². The smallest absolute Gasteiger partial charge is 0.256 e. The molecule has 5 heteroatoms. The molecule has 0 aliphatic heterocycles. The van der Waals surface area contributed by atoms with Crippen LogP contribution in [0.25, 0.3) is 10.9 Å². The molecule has 1 saturated carbocycles. The van der Waals surface area contributed by atoms with Crippen LogP contribution >= 0.6 is 0 Å². The van der Waals surface area contributed by atoms with Crippen LogP contribution in [0.2, 0.25) is 0 Å². The first-order chi connectivity index (χ1) is 9.15. The lowest BCUT2D eigenvalue weighted by Crippen LogP contribution is -2.47. The Kier molecular flexibility index (Phi) is 2.83. The van der Waals surface area contributed by atoms with Crippen molar-refractivity contribution < 1.29 is 9.90 Å². The van der Waals surface area contributed by atoms with Gasteiger partial charge in [-0.15, -0.1) is 0 Å². The molecule has 2 aromatic rings. The fraction of sp³-hybridized carbons (Fsp3) is 0.286. The van der Waals surface area contributed by atoms with Crippen molar-refractivity contribution in [3.63, 3.8) is 0 Å². The Morgan fingerprint density at radius 1 is 1.32 bits per heavy atom. The summed E-state index contributed by atoms with van der Waals surface area (Å²) >= 11 is 0. The summed E-state index contributed by atoms with van der Waals surface area (Å²) in [6, 6.07) is 7.04. The number of pyridine rings is 1. The number of H-pyrrole nitrogens is 1. The Balaban J connectivity index is 1.90. The maximum absolute atomic E-state index is 12.2. The van der Waals surface area contributed by atoms with Crippen LogP contribution in [0.15, 0.2) is 35.3 Å². The maximum atomic E-state index is 12.2. The van der Waals surface area contributed by atoms with Gasteiger partial charge in [-0.25, -0.2) is 0 Å². The molecule has 98 valence electrons. The van der Waals surface area contributed by atoms with Gasteiger partial charge < -0.3 is 15.4 Å². The summed E-state index contributed by atoms with van der Waals surface area (Å²) in [5.74, 6) is -0.385. The van der Waals surface area contributed by atoms with E-state index in [1.807, 2.05) is 6.07 Å². The summed E-state index contributed by atoms with van der Waals surface area (Å²) in [5, 5.41) is 12.4. The quantitative estimate of drug-likeness (QED) is 0.744. The second-order valence-corrected chi connectivity index (χ2v) is 4.87. The Morgan fingerprint density at radius 3 is 2.79 bits per heavy atom. The highest BCUT2D eigenvalue weighted by molar-refractivity contribution is 5.97. The van der Waals surface area contributed by atoms with E-state index in [0.29, 0.717) is 23.7 Å². The molecule has 5 nitrogen and oxygen atoms in total. The van der Waals surface area contributed by atoms with E-state index >= 15 is 0 Å². The van der Waals surface area contributed by atoms with Crippen LogP contribution in [0.1, 0.15) is 23.2 Å². The number of hydrogen-bond acceptors (Lipinski definition) is 3. The number of hydrogen-bond donors (Lipinski definition) is 3. The molecule has 1 heterocycles. The summed E-state index contributed by atoms with van der Waals surface area (Å²) in [4.78, 5) is 27.1. The van der Waals surface area contributed by atoms with Crippen molar-refractivity contribution in [2.24, 2.45) is 0 Å². The average molecular weight is 258 g/mol. The van der Waals surface area contributed by atoms with Crippen molar-refractivity contribution in [2.45, 2.75) is 25.0 Å². The maximum Gasteiger partial charge on any atom is 0.256 e. The molecule has 1 aliphatic rings. The number of carbonyl (C=O) groups is 1. The van der Waals surface area contributed by atoms with Gasteiger partial charge in [0.2, 0.25) is 5.43 Å². The predicted molar refractivity (Wildman–Crippen MR) is 71.1 cm³/mol. The Labute approximate surface area is 109 Å². The van der Waals surface area contributed by atoms with Crippen molar-refractivity contribution in [3.8, 4) is 0 Å². The highest BCUT2D eigenvalue weighted by atomic mass is 16.3. The van der Waals surface area contributed by atoms with Crippen molar-refractivity contribution in [1.29, 1.82) is 0 Å². The van der Waals surface area contributed by atoms with Crippen molar-refractivity contribution >= 4 is 16.8 Å². The van der Waals surface area contributed by atoms with Crippen LogP contribution in [0, 0.1) is 0 Å². The summed E-state index contributed by atoms with van der Waals surface area (Å²) in [6.45, 7) is 0. The van der Waals surface area contributed by atoms with Crippen LogP contribution in [0.4, 0.5) is 0 Å². The van der Waals surface area contributed by atoms with E-state index in [1.54, 1.807) is 18.2 Å². The molecule has 3 rings (SSSR count). The highest BCUT2D eigenvalue weighted by Crippen LogP contribution is 2.19. The minimum Gasteiger partial charge on any atom is -0.393 e. The topological polar surface area (TPSA) is 82.2 Å². The lowest BCUT2D eigenvalue weighted by atomic mass is 9.89. The molecule has 0 unspecified atom stereocenters. The second kappa shape index (κ2) is 4.51. The van der Waals surface area contributed by atoms with Crippen LogP contribution in [0.3, 0.4) is 0 Å². The first-order valence-corrected chi connectivity index (χ1v) is 6.24. The standard InChI is InChI=1S/C14H14N2O3/c17-9-5-8(6-9)16-14(19)11-7-15-12-4-2-1-3-10(12)13(11)18/h1-4,7-9,17H,5-6H2,(H,15,18)(H,16,19). The van der Waals surface area contributed by atoms with Gasteiger partial charge in [-0.1, -0.05) is 12.1 Å². The zero-order valence-corrected chi connectivity index (χ0v) is 10.2. The van der Waals surface area contributed by atoms with Gasteiger partial charge in [0, 0.05) is 23.1 Å². The van der Waals surface area contributed by atoms with Crippen molar-refractivity contribution in [2.75, 3.05) is 0 Å². The molecule has 0 spiro atoms. The second-order valence-electron chi connectivity index (χ2n) is 4.87. The summed E-state index contributed by atoms with van der Waals surface area (Å²) < 4.78 is 0. The van der Waals surface area contributed by atoms with Gasteiger partial charge >= 0.3 is 0 Å². The molecular weight excluding hydrogens is 244 g/mol. The number of carbonyl (C=O) groups excluding carboxylic acids is 1. The van der Waals surface area contributed by atoms with Gasteiger partial charge in [-0.05, 0) is 25.0 Å². The van der Waals surface area contributed by atoms with Crippen LogP contribution in [-0.2, 0) is 0 Å². The average Bonchev–Trinajstić information content (AvgIpc) is 2.37. The highest BCUT2D eigenvalue weighted by Gasteiger charge is 2.29. The molecule has 0 atom stereocenters. The third kappa shape index (κ3) is 2.13. The van der Waals surface area contributed by atoms with E-state index in [-0.39, 0.29) is 29.0 Å². The number of rotatable bonds is 2. The molecule has 0 saturated heterocycles. The fourth-order valence-corrected chi connectivity index (χ4v) is 2.31. The van der Waals surface area contributed by atoms with Gasteiger partial charge in [0.1, 0.15) is 5.56 Å². The lowest BCUT2D eigenvalue weighted by molar-refractivity contribution is 0.0562. The fourth-order valence-electron chi connectivity index (χ4n) is 2.31. The zero-order valence-electron chi connectivity index (χ0n) is 10.2. The van der Waals surface area contributed by atoms with Crippen molar-refractivity contribution in [1.82, 2.24) is 10.3 Å². The van der Waals surface area contributed by atoms with Gasteiger partial charge in [0.05, 0.1) is 6.10 Å². The minimum atomic E-state index is -0.385. The first kappa shape index (κ1) is 11.9. The largest absolute Gasteiger partial charge is 0.393 e. The molecule has 1 aromatic carbocycles. The van der Waals surface area contributed by atoms with E-state index in [2.05, 4.69) is 10.3 Å². The van der Waals surface area contributed by atoms with E-state index in [1.165, 1.54) is 6.20 Å².